The van der Waals surface area contributed by atoms with Crippen molar-refractivity contribution in [2.45, 2.75) is 34.1 Å². The van der Waals surface area contributed by atoms with E-state index in [4.69, 9.17) is 0 Å². The first-order chi connectivity index (χ1) is 11.5. The highest BCUT2D eigenvalue weighted by Gasteiger charge is 2.09. The largest absolute Gasteiger partial charge is 0.324 e. The third-order valence-corrected chi connectivity index (χ3v) is 3.29. The van der Waals surface area contributed by atoms with Gasteiger partial charge >= 0.3 is 0 Å². The predicted molar refractivity (Wildman–Crippen MR) is 91.1 cm³/mol. The fraction of sp³-hybridized carbons (Fsp3) is 0.294. The summed E-state index contributed by atoms with van der Waals surface area (Å²) in [6, 6.07) is 8.05. The number of anilines is 2. The van der Waals surface area contributed by atoms with Crippen LogP contribution in [0.2, 0.25) is 0 Å². The van der Waals surface area contributed by atoms with Gasteiger partial charge in [0.25, 0.3) is 0 Å². The number of hydrogen-bond acceptors (Lipinski definition) is 7. The van der Waals surface area contributed by atoms with Gasteiger partial charge in [0, 0.05) is 5.69 Å². The Kier molecular flexibility index (Phi) is 4.41. The first kappa shape index (κ1) is 15.9. The van der Waals surface area contributed by atoms with Gasteiger partial charge in [0.1, 0.15) is 29.1 Å². The standard InChI is InChI=1S/C17H19N7/c1-10-6-5-7-14(8-10)23-17-22-13(4)21-16(24-17)9-15-19-11(2)18-12(3)20-15/h5-8H,9H2,1-4H3,(H,21,22,23,24). The normalized spacial score (nSPS) is 10.7. The average Bonchev–Trinajstić information content (AvgIpc) is 2.45. The van der Waals surface area contributed by atoms with Crippen molar-refractivity contribution in [2.24, 2.45) is 0 Å². The molecule has 24 heavy (non-hydrogen) atoms. The van der Waals surface area contributed by atoms with Gasteiger partial charge in [0.15, 0.2) is 0 Å². The molecule has 0 aliphatic rings. The van der Waals surface area contributed by atoms with Crippen molar-refractivity contribution in [3.05, 3.63) is 59.0 Å². The lowest BCUT2D eigenvalue weighted by molar-refractivity contribution is 0.801. The Labute approximate surface area is 140 Å². The van der Waals surface area contributed by atoms with E-state index in [1.807, 2.05) is 52.0 Å². The molecule has 1 N–H and O–H groups in total. The summed E-state index contributed by atoms with van der Waals surface area (Å²) in [6.45, 7) is 7.58. The summed E-state index contributed by atoms with van der Waals surface area (Å²) in [6.07, 6.45) is 0.441. The van der Waals surface area contributed by atoms with Crippen LogP contribution in [0.4, 0.5) is 11.6 Å². The topological polar surface area (TPSA) is 89.4 Å². The second kappa shape index (κ2) is 6.66. The van der Waals surface area contributed by atoms with E-state index in [0.29, 0.717) is 41.5 Å². The summed E-state index contributed by atoms with van der Waals surface area (Å²) in [5, 5.41) is 3.22. The number of hydrogen-bond donors (Lipinski definition) is 1. The van der Waals surface area contributed by atoms with E-state index in [9.17, 15) is 0 Å². The number of nitrogens with one attached hydrogen (secondary N) is 1. The Hall–Kier alpha value is -2.96. The SMILES string of the molecule is Cc1cccc(Nc2nc(C)nc(Cc3nc(C)nc(C)n3)n2)c1. The summed E-state index contributed by atoms with van der Waals surface area (Å²) in [4.78, 5) is 26.1. The van der Waals surface area contributed by atoms with E-state index in [-0.39, 0.29) is 0 Å². The lowest BCUT2D eigenvalue weighted by Gasteiger charge is -2.08. The molecular weight excluding hydrogens is 302 g/mol. The van der Waals surface area contributed by atoms with Gasteiger partial charge < -0.3 is 5.32 Å². The molecule has 0 saturated carbocycles. The van der Waals surface area contributed by atoms with E-state index in [2.05, 4.69) is 35.2 Å². The molecule has 0 atom stereocenters. The molecule has 2 aromatic heterocycles. The molecule has 3 aromatic rings. The van der Waals surface area contributed by atoms with Crippen molar-refractivity contribution >= 4 is 11.6 Å². The zero-order chi connectivity index (χ0) is 17.1. The minimum Gasteiger partial charge on any atom is -0.324 e. The van der Waals surface area contributed by atoms with Crippen molar-refractivity contribution in [1.29, 1.82) is 0 Å². The number of aromatic nitrogens is 6. The monoisotopic (exact) mass is 321 g/mol. The van der Waals surface area contributed by atoms with Gasteiger partial charge in [-0.1, -0.05) is 12.1 Å². The van der Waals surface area contributed by atoms with E-state index in [1.54, 1.807) is 0 Å². The maximum Gasteiger partial charge on any atom is 0.230 e. The van der Waals surface area contributed by atoms with Crippen molar-refractivity contribution in [1.82, 2.24) is 29.9 Å². The third kappa shape index (κ3) is 4.07. The highest BCUT2D eigenvalue weighted by molar-refractivity contribution is 5.54. The summed E-state index contributed by atoms with van der Waals surface area (Å²) >= 11 is 0. The molecule has 0 saturated heterocycles. The molecule has 2 heterocycles. The number of aryl methyl sites for hydroxylation is 4. The van der Waals surface area contributed by atoms with E-state index in [0.717, 1.165) is 5.69 Å². The minimum absolute atomic E-state index is 0.441. The summed E-state index contributed by atoms with van der Waals surface area (Å²) in [7, 11) is 0. The van der Waals surface area contributed by atoms with Crippen LogP contribution in [0.3, 0.4) is 0 Å². The van der Waals surface area contributed by atoms with Crippen molar-refractivity contribution in [3.8, 4) is 0 Å². The van der Waals surface area contributed by atoms with Crippen molar-refractivity contribution in [2.75, 3.05) is 5.32 Å². The van der Waals surface area contributed by atoms with Gasteiger partial charge in [-0.25, -0.2) is 19.9 Å². The van der Waals surface area contributed by atoms with Crippen molar-refractivity contribution in [3.63, 3.8) is 0 Å². The lowest BCUT2D eigenvalue weighted by atomic mass is 10.2. The highest BCUT2D eigenvalue weighted by Crippen LogP contribution is 2.15. The van der Waals surface area contributed by atoms with Crippen LogP contribution in [-0.4, -0.2) is 29.9 Å². The van der Waals surface area contributed by atoms with Gasteiger partial charge in [-0.15, -0.1) is 0 Å². The Balaban J connectivity index is 1.85. The molecule has 0 radical (unpaired) electrons. The van der Waals surface area contributed by atoms with E-state index < -0.39 is 0 Å². The van der Waals surface area contributed by atoms with Crippen LogP contribution in [0, 0.1) is 27.7 Å². The molecule has 0 aliphatic heterocycles. The number of nitrogens with zero attached hydrogens (tertiary/aromatic N) is 6. The van der Waals surface area contributed by atoms with Crippen LogP contribution < -0.4 is 5.32 Å². The van der Waals surface area contributed by atoms with Gasteiger partial charge in [-0.2, -0.15) is 9.97 Å². The maximum atomic E-state index is 4.48. The number of benzene rings is 1. The second-order valence-corrected chi connectivity index (χ2v) is 5.64. The van der Waals surface area contributed by atoms with E-state index >= 15 is 0 Å². The summed E-state index contributed by atoms with van der Waals surface area (Å²) in [5.74, 6) is 3.85. The van der Waals surface area contributed by atoms with Gasteiger partial charge in [0.05, 0.1) is 6.42 Å². The van der Waals surface area contributed by atoms with Crippen LogP contribution in [0.25, 0.3) is 0 Å². The number of rotatable bonds is 4. The molecule has 0 unspecified atom stereocenters. The Bertz CT molecular complexity index is 856. The molecule has 7 heteroatoms. The molecule has 3 rings (SSSR count). The smallest absolute Gasteiger partial charge is 0.230 e. The zero-order valence-corrected chi connectivity index (χ0v) is 14.2. The highest BCUT2D eigenvalue weighted by atomic mass is 15.2. The lowest BCUT2D eigenvalue weighted by Crippen LogP contribution is -2.09. The van der Waals surface area contributed by atoms with E-state index in [1.165, 1.54) is 5.56 Å². The molecule has 0 aliphatic carbocycles. The van der Waals surface area contributed by atoms with Crippen LogP contribution in [0.1, 0.15) is 34.7 Å². The molecule has 0 bridgehead atoms. The molecule has 0 amide bonds. The average molecular weight is 321 g/mol. The summed E-state index contributed by atoms with van der Waals surface area (Å²) < 4.78 is 0. The van der Waals surface area contributed by atoms with Crippen molar-refractivity contribution < 1.29 is 0 Å². The third-order valence-electron chi connectivity index (χ3n) is 3.29. The first-order valence-electron chi connectivity index (χ1n) is 7.71. The summed E-state index contributed by atoms with van der Waals surface area (Å²) in [5.41, 5.74) is 2.11. The van der Waals surface area contributed by atoms with Crippen LogP contribution in [0.5, 0.6) is 0 Å². The second-order valence-electron chi connectivity index (χ2n) is 5.64. The maximum absolute atomic E-state index is 4.48. The molecule has 122 valence electrons. The Morgan fingerprint density at radius 2 is 1.38 bits per heavy atom. The molecule has 1 aromatic carbocycles. The van der Waals surface area contributed by atoms with Crippen LogP contribution in [-0.2, 0) is 6.42 Å². The molecule has 0 spiro atoms. The van der Waals surface area contributed by atoms with Gasteiger partial charge in [0.2, 0.25) is 5.95 Å². The van der Waals surface area contributed by atoms with Crippen LogP contribution in [0.15, 0.2) is 24.3 Å². The van der Waals surface area contributed by atoms with Gasteiger partial charge in [-0.3, -0.25) is 0 Å². The fourth-order valence-corrected chi connectivity index (χ4v) is 2.43. The molecular formula is C17H19N7. The Morgan fingerprint density at radius 3 is 2.04 bits per heavy atom. The Morgan fingerprint density at radius 1 is 0.750 bits per heavy atom. The van der Waals surface area contributed by atoms with Crippen LogP contribution >= 0.6 is 0 Å². The predicted octanol–water partition coefficient (Wildman–Crippen LogP) is 2.62. The fourth-order valence-electron chi connectivity index (χ4n) is 2.43. The van der Waals surface area contributed by atoms with Gasteiger partial charge in [-0.05, 0) is 45.4 Å². The molecule has 7 nitrogen and oxygen atoms in total. The minimum atomic E-state index is 0.441. The quantitative estimate of drug-likeness (QED) is 0.790. The first-order valence-corrected chi connectivity index (χ1v) is 7.71. The zero-order valence-electron chi connectivity index (χ0n) is 14.2. The molecule has 0 fully saturated rings.